The van der Waals surface area contributed by atoms with E-state index in [1.807, 2.05) is 44.7 Å². The Morgan fingerprint density at radius 2 is 1.84 bits per heavy atom. The Balaban J connectivity index is 1.97. The molecule has 0 aromatic heterocycles. The third kappa shape index (κ3) is 5.03. The number of carbonyl (C=O) groups excluding carboxylic acids is 1. The second-order valence-electron chi connectivity index (χ2n) is 6.83. The standard InChI is InChI=1S/C18H29N3O3S/c1-5-16(4)19-18(22)13-20-8-10-21(11-9-20)25(23,24)17-12-14(2)6-7-15(17)3/h6-7,12,16H,5,8-11,13H2,1-4H3,(H,19,22). The largest absolute Gasteiger partial charge is 0.353 e. The van der Waals surface area contributed by atoms with Crippen molar-refractivity contribution in [1.29, 1.82) is 0 Å². The first kappa shape index (κ1) is 19.9. The van der Waals surface area contributed by atoms with Gasteiger partial charge in [0, 0.05) is 32.2 Å². The van der Waals surface area contributed by atoms with Crippen LogP contribution < -0.4 is 5.32 Å². The molecule has 0 saturated carbocycles. The lowest BCUT2D eigenvalue weighted by atomic mass is 10.2. The van der Waals surface area contributed by atoms with Crippen LogP contribution in [0.4, 0.5) is 0 Å². The number of amides is 1. The van der Waals surface area contributed by atoms with E-state index in [2.05, 4.69) is 5.32 Å². The molecule has 1 aliphatic rings. The van der Waals surface area contributed by atoms with E-state index in [1.165, 1.54) is 4.31 Å². The summed E-state index contributed by atoms with van der Waals surface area (Å²) in [5.74, 6) is 0.000172. The van der Waals surface area contributed by atoms with Crippen molar-refractivity contribution in [2.45, 2.75) is 45.1 Å². The summed E-state index contributed by atoms with van der Waals surface area (Å²) in [6.45, 7) is 10.00. The molecule has 1 aromatic rings. The van der Waals surface area contributed by atoms with E-state index in [4.69, 9.17) is 0 Å². The maximum absolute atomic E-state index is 12.9. The molecule has 2 rings (SSSR count). The van der Waals surface area contributed by atoms with E-state index in [9.17, 15) is 13.2 Å². The molecule has 0 aliphatic carbocycles. The molecule has 0 bridgehead atoms. The van der Waals surface area contributed by atoms with Gasteiger partial charge in [-0.15, -0.1) is 0 Å². The maximum Gasteiger partial charge on any atom is 0.243 e. The summed E-state index contributed by atoms with van der Waals surface area (Å²) < 4.78 is 27.3. The quantitative estimate of drug-likeness (QED) is 0.828. The summed E-state index contributed by atoms with van der Waals surface area (Å²) in [5.41, 5.74) is 1.70. The summed E-state index contributed by atoms with van der Waals surface area (Å²) in [4.78, 5) is 14.4. The van der Waals surface area contributed by atoms with Crippen LogP contribution in [-0.2, 0) is 14.8 Å². The number of hydrogen-bond donors (Lipinski definition) is 1. The van der Waals surface area contributed by atoms with E-state index in [-0.39, 0.29) is 11.9 Å². The van der Waals surface area contributed by atoms with Crippen molar-refractivity contribution in [1.82, 2.24) is 14.5 Å². The van der Waals surface area contributed by atoms with Crippen LogP contribution in [0.15, 0.2) is 23.1 Å². The molecular formula is C18H29N3O3S. The minimum absolute atomic E-state index is 0.000172. The van der Waals surface area contributed by atoms with Gasteiger partial charge in [-0.1, -0.05) is 19.1 Å². The summed E-state index contributed by atoms with van der Waals surface area (Å²) in [7, 11) is -3.48. The molecule has 1 N–H and O–H groups in total. The van der Waals surface area contributed by atoms with Gasteiger partial charge >= 0.3 is 0 Å². The van der Waals surface area contributed by atoms with Gasteiger partial charge in [-0.25, -0.2) is 8.42 Å². The minimum Gasteiger partial charge on any atom is -0.353 e. The van der Waals surface area contributed by atoms with E-state index < -0.39 is 10.0 Å². The minimum atomic E-state index is -3.48. The lowest BCUT2D eigenvalue weighted by Gasteiger charge is -2.34. The van der Waals surface area contributed by atoms with Gasteiger partial charge in [0.1, 0.15) is 0 Å². The van der Waals surface area contributed by atoms with Crippen molar-refractivity contribution < 1.29 is 13.2 Å². The van der Waals surface area contributed by atoms with E-state index in [0.717, 1.165) is 17.5 Å². The molecule has 0 radical (unpaired) electrons. The average molecular weight is 368 g/mol. The summed E-state index contributed by atoms with van der Waals surface area (Å²) in [6, 6.07) is 5.66. The monoisotopic (exact) mass is 367 g/mol. The van der Waals surface area contributed by atoms with E-state index >= 15 is 0 Å². The van der Waals surface area contributed by atoms with Gasteiger partial charge in [-0.05, 0) is 44.4 Å². The molecule has 0 spiro atoms. The Morgan fingerprint density at radius 3 is 2.44 bits per heavy atom. The summed E-state index contributed by atoms with van der Waals surface area (Å²) in [6.07, 6.45) is 0.896. The maximum atomic E-state index is 12.9. The Labute approximate surface area is 151 Å². The molecule has 1 unspecified atom stereocenters. The number of carbonyl (C=O) groups is 1. The molecule has 140 valence electrons. The summed E-state index contributed by atoms with van der Waals surface area (Å²) >= 11 is 0. The highest BCUT2D eigenvalue weighted by Gasteiger charge is 2.30. The van der Waals surface area contributed by atoms with Crippen LogP contribution in [0.3, 0.4) is 0 Å². The van der Waals surface area contributed by atoms with Crippen LogP contribution >= 0.6 is 0 Å². The number of sulfonamides is 1. The average Bonchev–Trinajstić information content (AvgIpc) is 2.57. The van der Waals surface area contributed by atoms with Crippen LogP contribution in [0.5, 0.6) is 0 Å². The van der Waals surface area contributed by atoms with Gasteiger partial charge in [0.05, 0.1) is 11.4 Å². The molecule has 1 atom stereocenters. The molecule has 1 amide bonds. The molecule has 1 saturated heterocycles. The first-order valence-corrected chi connectivity index (χ1v) is 10.3. The lowest BCUT2D eigenvalue weighted by molar-refractivity contribution is -0.123. The van der Waals surface area contributed by atoms with Crippen molar-refractivity contribution in [3.8, 4) is 0 Å². The van der Waals surface area contributed by atoms with Crippen molar-refractivity contribution >= 4 is 15.9 Å². The van der Waals surface area contributed by atoms with E-state index in [0.29, 0.717) is 37.6 Å². The predicted molar refractivity (Wildman–Crippen MR) is 99.0 cm³/mol. The van der Waals surface area contributed by atoms with Gasteiger partial charge in [0.15, 0.2) is 0 Å². The zero-order chi connectivity index (χ0) is 18.6. The SMILES string of the molecule is CCC(C)NC(=O)CN1CCN(S(=O)(=O)c2cc(C)ccc2C)CC1. The van der Waals surface area contributed by atoms with Crippen molar-refractivity contribution in [2.75, 3.05) is 32.7 Å². The fourth-order valence-electron chi connectivity index (χ4n) is 2.88. The fourth-order valence-corrected chi connectivity index (χ4v) is 4.61. The van der Waals surface area contributed by atoms with Crippen LogP contribution in [-0.4, -0.2) is 62.3 Å². The number of nitrogens with zero attached hydrogens (tertiary/aromatic N) is 2. The predicted octanol–water partition coefficient (Wildman–Crippen LogP) is 1.52. The van der Waals surface area contributed by atoms with Gasteiger partial charge < -0.3 is 5.32 Å². The second-order valence-corrected chi connectivity index (χ2v) is 8.73. The van der Waals surface area contributed by atoms with Crippen LogP contribution in [0.1, 0.15) is 31.4 Å². The Bertz CT molecular complexity index is 710. The molecule has 1 fully saturated rings. The number of aryl methyl sites for hydroxylation is 2. The van der Waals surface area contributed by atoms with Crippen LogP contribution in [0.25, 0.3) is 0 Å². The molecule has 1 aromatic carbocycles. The number of rotatable bonds is 6. The lowest BCUT2D eigenvalue weighted by Crippen LogP contribution is -2.51. The van der Waals surface area contributed by atoms with Gasteiger partial charge in [-0.2, -0.15) is 4.31 Å². The molecular weight excluding hydrogens is 338 g/mol. The Morgan fingerprint density at radius 1 is 1.20 bits per heavy atom. The number of piperazine rings is 1. The van der Waals surface area contributed by atoms with Crippen LogP contribution in [0.2, 0.25) is 0 Å². The molecule has 1 aliphatic heterocycles. The first-order valence-electron chi connectivity index (χ1n) is 8.83. The Kier molecular flexibility index (Phi) is 6.59. The third-order valence-corrected chi connectivity index (χ3v) is 6.72. The molecule has 1 heterocycles. The van der Waals surface area contributed by atoms with Crippen molar-refractivity contribution in [2.24, 2.45) is 0 Å². The zero-order valence-electron chi connectivity index (χ0n) is 15.6. The third-order valence-electron chi connectivity index (χ3n) is 4.68. The van der Waals surface area contributed by atoms with Gasteiger partial charge in [0.25, 0.3) is 0 Å². The van der Waals surface area contributed by atoms with Gasteiger partial charge in [-0.3, -0.25) is 9.69 Å². The zero-order valence-corrected chi connectivity index (χ0v) is 16.4. The highest BCUT2D eigenvalue weighted by Crippen LogP contribution is 2.22. The fraction of sp³-hybridized carbons (Fsp3) is 0.611. The highest BCUT2D eigenvalue weighted by molar-refractivity contribution is 7.89. The van der Waals surface area contributed by atoms with Crippen molar-refractivity contribution in [3.63, 3.8) is 0 Å². The first-order chi connectivity index (χ1) is 11.7. The number of nitrogens with one attached hydrogen (secondary N) is 1. The van der Waals surface area contributed by atoms with Crippen molar-refractivity contribution in [3.05, 3.63) is 29.3 Å². The second kappa shape index (κ2) is 8.29. The molecule has 25 heavy (non-hydrogen) atoms. The van der Waals surface area contributed by atoms with Gasteiger partial charge in [0.2, 0.25) is 15.9 Å². The normalized spacial score (nSPS) is 18.1. The Hall–Kier alpha value is -1.44. The highest BCUT2D eigenvalue weighted by atomic mass is 32.2. The molecule has 6 nitrogen and oxygen atoms in total. The summed E-state index contributed by atoms with van der Waals surface area (Å²) in [5, 5.41) is 2.95. The van der Waals surface area contributed by atoms with Crippen LogP contribution in [0, 0.1) is 13.8 Å². The smallest absolute Gasteiger partial charge is 0.243 e. The van der Waals surface area contributed by atoms with E-state index in [1.54, 1.807) is 6.07 Å². The number of hydrogen-bond acceptors (Lipinski definition) is 4. The molecule has 7 heteroatoms. The number of benzene rings is 1. The topological polar surface area (TPSA) is 69.7 Å².